The zero-order valence-corrected chi connectivity index (χ0v) is 23.8. The number of hydrogen-bond acceptors (Lipinski definition) is 3. The van der Waals surface area contributed by atoms with Gasteiger partial charge in [0.25, 0.3) is 5.91 Å². The topological polar surface area (TPSA) is 50.4 Å². The van der Waals surface area contributed by atoms with E-state index in [2.05, 4.69) is 33.5 Å². The Morgan fingerprint density at radius 1 is 0.829 bits per heavy atom. The first kappa shape index (κ1) is 29.6. The SMILES string of the molecule is CCCCCCCCCCCCCCCCNC(=S)NC(=O)COc1ccc2ccccc2c1Br. The third-order valence-electron chi connectivity index (χ3n) is 6.26. The van der Waals surface area contributed by atoms with Gasteiger partial charge in [0.1, 0.15) is 5.75 Å². The highest BCUT2D eigenvalue weighted by Gasteiger charge is 2.09. The van der Waals surface area contributed by atoms with Gasteiger partial charge < -0.3 is 15.4 Å². The fraction of sp³-hybridized carbons (Fsp3) is 0.586. The molecule has 6 heteroatoms. The summed E-state index contributed by atoms with van der Waals surface area (Å²) in [6, 6.07) is 11.9. The van der Waals surface area contributed by atoms with E-state index in [1.54, 1.807) is 0 Å². The first-order chi connectivity index (χ1) is 17.1. The maximum absolute atomic E-state index is 12.2. The number of hydrogen-bond donors (Lipinski definition) is 2. The van der Waals surface area contributed by atoms with Gasteiger partial charge in [0.2, 0.25) is 0 Å². The summed E-state index contributed by atoms with van der Waals surface area (Å²) in [5.41, 5.74) is 0. The fourth-order valence-electron chi connectivity index (χ4n) is 4.20. The quantitative estimate of drug-likeness (QED) is 0.141. The molecule has 2 aromatic rings. The van der Waals surface area contributed by atoms with Crippen LogP contribution in [0.2, 0.25) is 0 Å². The molecule has 0 heterocycles. The minimum absolute atomic E-state index is 0.0857. The average Bonchev–Trinajstić information content (AvgIpc) is 2.86. The van der Waals surface area contributed by atoms with Crippen LogP contribution in [0.3, 0.4) is 0 Å². The lowest BCUT2D eigenvalue weighted by Crippen LogP contribution is -2.41. The Labute approximate surface area is 226 Å². The van der Waals surface area contributed by atoms with Crippen LogP contribution in [-0.4, -0.2) is 24.2 Å². The maximum Gasteiger partial charge on any atom is 0.264 e. The summed E-state index contributed by atoms with van der Waals surface area (Å²) in [6.45, 7) is 2.97. The van der Waals surface area contributed by atoms with Gasteiger partial charge in [-0.1, -0.05) is 121 Å². The van der Waals surface area contributed by atoms with Crippen molar-refractivity contribution >= 4 is 49.9 Å². The predicted molar refractivity (Wildman–Crippen MR) is 156 cm³/mol. The van der Waals surface area contributed by atoms with Crippen LogP contribution < -0.4 is 15.4 Å². The van der Waals surface area contributed by atoms with E-state index in [1.165, 1.54) is 83.5 Å². The molecule has 0 saturated carbocycles. The number of nitrogens with one attached hydrogen (secondary N) is 2. The van der Waals surface area contributed by atoms with Crippen molar-refractivity contribution in [3.8, 4) is 5.75 Å². The summed E-state index contributed by atoms with van der Waals surface area (Å²) < 4.78 is 6.54. The molecule has 0 atom stereocenters. The molecular formula is C29H43BrN2O2S. The summed E-state index contributed by atoms with van der Waals surface area (Å²) in [7, 11) is 0. The molecule has 194 valence electrons. The number of benzene rings is 2. The minimum atomic E-state index is -0.261. The van der Waals surface area contributed by atoms with E-state index in [1.807, 2.05) is 36.4 Å². The highest BCUT2D eigenvalue weighted by atomic mass is 79.9. The van der Waals surface area contributed by atoms with Gasteiger partial charge in [-0.05, 0) is 51.4 Å². The van der Waals surface area contributed by atoms with Crippen molar-refractivity contribution in [2.75, 3.05) is 13.2 Å². The summed E-state index contributed by atoms with van der Waals surface area (Å²) in [5.74, 6) is 0.378. The fourth-order valence-corrected chi connectivity index (χ4v) is 5.02. The second kappa shape index (κ2) is 18.6. The van der Waals surface area contributed by atoms with Crippen molar-refractivity contribution in [3.63, 3.8) is 0 Å². The Morgan fingerprint density at radius 2 is 1.40 bits per heavy atom. The smallest absolute Gasteiger partial charge is 0.264 e. The molecule has 0 saturated heterocycles. The van der Waals surface area contributed by atoms with Crippen LogP contribution in [0, 0.1) is 0 Å². The second-order valence-corrected chi connectivity index (χ2v) is 10.5. The van der Waals surface area contributed by atoms with Crippen LogP contribution in [0.5, 0.6) is 5.75 Å². The van der Waals surface area contributed by atoms with Crippen molar-refractivity contribution < 1.29 is 9.53 Å². The van der Waals surface area contributed by atoms with Crippen molar-refractivity contribution in [1.82, 2.24) is 10.6 Å². The van der Waals surface area contributed by atoms with E-state index < -0.39 is 0 Å². The molecule has 0 aromatic heterocycles. The molecule has 0 radical (unpaired) electrons. The van der Waals surface area contributed by atoms with E-state index in [0.717, 1.165) is 28.2 Å². The zero-order valence-electron chi connectivity index (χ0n) is 21.4. The molecule has 0 aliphatic carbocycles. The number of ether oxygens (including phenoxy) is 1. The Balaban J connectivity index is 1.43. The number of fused-ring (bicyclic) bond motifs is 1. The van der Waals surface area contributed by atoms with Crippen LogP contribution in [0.15, 0.2) is 40.9 Å². The van der Waals surface area contributed by atoms with E-state index >= 15 is 0 Å². The van der Waals surface area contributed by atoms with E-state index in [4.69, 9.17) is 17.0 Å². The molecule has 0 aliphatic rings. The largest absolute Gasteiger partial charge is 0.483 e. The molecule has 0 aliphatic heterocycles. The number of amides is 1. The van der Waals surface area contributed by atoms with Gasteiger partial charge in [0.15, 0.2) is 11.7 Å². The first-order valence-electron chi connectivity index (χ1n) is 13.5. The molecule has 0 spiro atoms. The van der Waals surface area contributed by atoms with Crippen molar-refractivity contribution in [1.29, 1.82) is 0 Å². The van der Waals surface area contributed by atoms with Gasteiger partial charge >= 0.3 is 0 Å². The van der Waals surface area contributed by atoms with E-state index in [-0.39, 0.29) is 12.5 Å². The van der Waals surface area contributed by atoms with Crippen molar-refractivity contribution in [3.05, 3.63) is 40.9 Å². The molecule has 4 nitrogen and oxygen atoms in total. The minimum Gasteiger partial charge on any atom is -0.483 e. The highest BCUT2D eigenvalue weighted by molar-refractivity contribution is 9.10. The second-order valence-electron chi connectivity index (χ2n) is 9.29. The normalized spacial score (nSPS) is 10.9. The number of thiocarbonyl (C=S) groups is 1. The number of carbonyl (C=O) groups is 1. The van der Waals surface area contributed by atoms with Gasteiger partial charge in [-0.3, -0.25) is 4.79 Å². The molecule has 2 aromatic carbocycles. The van der Waals surface area contributed by atoms with Gasteiger partial charge in [0.05, 0.1) is 4.47 Å². The Hall–Kier alpha value is -1.66. The van der Waals surface area contributed by atoms with Gasteiger partial charge in [0, 0.05) is 6.54 Å². The molecule has 0 fully saturated rings. The third-order valence-corrected chi connectivity index (χ3v) is 7.32. The van der Waals surface area contributed by atoms with Crippen LogP contribution in [-0.2, 0) is 4.79 Å². The lowest BCUT2D eigenvalue weighted by molar-refractivity contribution is -0.121. The van der Waals surface area contributed by atoms with E-state index in [9.17, 15) is 4.79 Å². The molecular weight excluding hydrogens is 520 g/mol. The van der Waals surface area contributed by atoms with E-state index in [0.29, 0.717) is 10.9 Å². The number of rotatable bonds is 18. The number of carbonyl (C=O) groups excluding carboxylic acids is 1. The molecule has 2 rings (SSSR count). The summed E-state index contributed by atoms with van der Waals surface area (Å²) >= 11 is 8.82. The van der Waals surface area contributed by atoms with Crippen LogP contribution >= 0.6 is 28.1 Å². The molecule has 0 bridgehead atoms. The first-order valence-corrected chi connectivity index (χ1v) is 14.7. The average molecular weight is 564 g/mol. The van der Waals surface area contributed by atoms with Crippen LogP contribution in [0.4, 0.5) is 0 Å². The molecule has 2 N–H and O–H groups in total. The number of unbranched alkanes of at least 4 members (excludes halogenated alkanes) is 13. The lowest BCUT2D eigenvalue weighted by atomic mass is 10.0. The highest BCUT2D eigenvalue weighted by Crippen LogP contribution is 2.32. The zero-order chi connectivity index (χ0) is 25.1. The lowest BCUT2D eigenvalue weighted by Gasteiger charge is -2.12. The molecule has 1 amide bonds. The third kappa shape index (κ3) is 12.7. The van der Waals surface area contributed by atoms with Crippen molar-refractivity contribution in [2.24, 2.45) is 0 Å². The monoisotopic (exact) mass is 562 g/mol. The van der Waals surface area contributed by atoms with Gasteiger partial charge in [-0.15, -0.1) is 0 Å². The Morgan fingerprint density at radius 3 is 2.03 bits per heavy atom. The summed E-state index contributed by atoms with van der Waals surface area (Å²) in [6.07, 6.45) is 18.8. The Bertz CT molecular complexity index is 890. The number of halogens is 1. The molecule has 0 unspecified atom stereocenters. The maximum atomic E-state index is 12.2. The van der Waals surface area contributed by atoms with Crippen molar-refractivity contribution in [2.45, 2.75) is 96.8 Å². The predicted octanol–water partition coefficient (Wildman–Crippen LogP) is 8.45. The molecule has 35 heavy (non-hydrogen) atoms. The van der Waals surface area contributed by atoms with Crippen LogP contribution in [0.25, 0.3) is 10.8 Å². The van der Waals surface area contributed by atoms with Gasteiger partial charge in [-0.25, -0.2) is 0 Å². The standard InChI is InChI=1S/C29H43BrN2O2S/c1-2-3-4-5-6-7-8-9-10-11-12-13-14-17-22-31-29(35)32-27(33)23-34-26-21-20-24-18-15-16-19-25(24)28(26)30/h15-16,18-21H,2-14,17,22-23H2,1H3,(H2,31,32,33,35). The van der Waals surface area contributed by atoms with Gasteiger partial charge in [-0.2, -0.15) is 0 Å². The summed E-state index contributed by atoms with van der Waals surface area (Å²) in [4.78, 5) is 12.2. The van der Waals surface area contributed by atoms with Crippen LogP contribution in [0.1, 0.15) is 96.8 Å². The Kier molecular flexibility index (Phi) is 15.7. The summed E-state index contributed by atoms with van der Waals surface area (Å²) in [5, 5.41) is 8.36.